The van der Waals surface area contributed by atoms with Crippen LogP contribution in [-0.2, 0) is 22.1 Å². The normalized spacial score (nSPS) is 11.5. The summed E-state index contributed by atoms with van der Waals surface area (Å²) in [6.07, 6.45) is -3.21. The van der Waals surface area contributed by atoms with Gasteiger partial charge < -0.3 is 23.9 Å². The number of anilines is 1. The number of rotatable bonds is 8. The third kappa shape index (κ3) is 5.04. The monoisotopic (exact) mass is 423 g/mol. The number of hydrogen-bond acceptors (Lipinski definition) is 5. The number of carbonyl (C=O) groups is 1. The number of alkyl halides is 3. The Morgan fingerprint density at radius 2 is 1.90 bits per heavy atom. The minimum Gasteiger partial charge on any atom is -0.497 e. The SMILES string of the molecule is COCCOc1ccc(C(F)(F)F)cc1NC(=O)Cc1coc2cc(OC)ccc12. The van der Waals surface area contributed by atoms with E-state index in [1.807, 2.05) is 0 Å². The van der Waals surface area contributed by atoms with Gasteiger partial charge in [0.25, 0.3) is 0 Å². The van der Waals surface area contributed by atoms with E-state index < -0.39 is 17.6 Å². The molecule has 160 valence electrons. The first-order valence-electron chi connectivity index (χ1n) is 8.98. The fourth-order valence-electron chi connectivity index (χ4n) is 2.86. The van der Waals surface area contributed by atoms with Crippen LogP contribution in [0, 0.1) is 0 Å². The molecule has 3 aromatic rings. The van der Waals surface area contributed by atoms with Crippen LogP contribution in [0.2, 0.25) is 0 Å². The predicted molar refractivity (Wildman–Crippen MR) is 104 cm³/mol. The summed E-state index contributed by atoms with van der Waals surface area (Å²) in [5.41, 5.74) is 0.178. The summed E-state index contributed by atoms with van der Waals surface area (Å²) in [5, 5.41) is 3.22. The molecule has 0 saturated carbocycles. The van der Waals surface area contributed by atoms with Gasteiger partial charge in [-0.05, 0) is 30.3 Å². The first-order valence-corrected chi connectivity index (χ1v) is 8.98. The van der Waals surface area contributed by atoms with Gasteiger partial charge in [0.05, 0.1) is 37.7 Å². The van der Waals surface area contributed by atoms with Crippen molar-refractivity contribution in [1.82, 2.24) is 0 Å². The molecule has 2 aromatic carbocycles. The van der Waals surface area contributed by atoms with Crippen LogP contribution in [0.3, 0.4) is 0 Å². The molecule has 6 nitrogen and oxygen atoms in total. The standard InChI is InChI=1S/C21H20F3NO5/c1-27-7-8-29-18-6-3-14(21(22,23)24)10-17(18)25-20(26)9-13-12-30-19-11-15(28-2)4-5-16(13)19/h3-6,10-12H,7-9H2,1-2H3,(H,25,26). The summed E-state index contributed by atoms with van der Waals surface area (Å²) in [6, 6.07) is 8.09. The number of ether oxygens (including phenoxy) is 3. The zero-order valence-electron chi connectivity index (χ0n) is 16.3. The molecule has 1 heterocycles. The van der Waals surface area contributed by atoms with Gasteiger partial charge in [-0.1, -0.05) is 0 Å². The molecule has 30 heavy (non-hydrogen) atoms. The van der Waals surface area contributed by atoms with E-state index in [2.05, 4.69) is 5.32 Å². The Balaban J connectivity index is 1.80. The molecule has 0 aliphatic heterocycles. The highest BCUT2D eigenvalue weighted by Crippen LogP contribution is 2.35. The lowest BCUT2D eigenvalue weighted by Gasteiger charge is -2.15. The Labute approximate surface area is 170 Å². The molecule has 0 radical (unpaired) electrons. The van der Waals surface area contributed by atoms with E-state index in [-0.39, 0.29) is 31.1 Å². The van der Waals surface area contributed by atoms with Crippen LogP contribution in [0.1, 0.15) is 11.1 Å². The maximum absolute atomic E-state index is 13.1. The third-order valence-corrected chi connectivity index (χ3v) is 4.34. The lowest BCUT2D eigenvalue weighted by atomic mass is 10.1. The van der Waals surface area contributed by atoms with Gasteiger partial charge in [0.15, 0.2) is 0 Å². The molecule has 0 unspecified atom stereocenters. The molecule has 3 rings (SSSR count). The second-order valence-corrected chi connectivity index (χ2v) is 6.40. The molecule has 1 aromatic heterocycles. The number of furan rings is 1. The second-order valence-electron chi connectivity index (χ2n) is 6.40. The van der Waals surface area contributed by atoms with Gasteiger partial charge in [-0.2, -0.15) is 13.2 Å². The maximum atomic E-state index is 13.1. The fraction of sp³-hybridized carbons (Fsp3) is 0.286. The molecule has 0 spiro atoms. The van der Waals surface area contributed by atoms with Gasteiger partial charge in [0.1, 0.15) is 23.7 Å². The largest absolute Gasteiger partial charge is 0.497 e. The van der Waals surface area contributed by atoms with Crippen molar-refractivity contribution in [1.29, 1.82) is 0 Å². The van der Waals surface area contributed by atoms with Gasteiger partial charge in [0, 0.05) is 24.1 Å². The van der Waals surface area contributed by atoms with Crippen LogP contribution in [0.4, 0.5) is 18.9 Å². The van der Waals surface area contributed by atoms with Gasteiger partial charge >= 0.3 is 6.18 Å². The zero-order valence-corrected chi connectivity index (χ0v) is 16.3. The maximum Gasteiger partial charge on any atom is 0.416 e. The Bertz CT molecular complexity index is 1030. The van der Waals surface area contributed by atoms with Gasteiger partial charge in [-0.15, -0.1) is 0 Å². The predicted octanol–water partition coefficient (Wildman–Crippen LogP) is 4.67. The number of methoxy groups -OCH3 is 2. The molecule has 0 bridgehead atoms. The number of carbonyl (C=O) groups excluding carboxylic acids is 1. The first-order chi connectivity index (χ1) is 14.3. The average Bonchev–Trinajstić information content (AvgIpc) is 3.10. The topological polar surface area (TPSA) is 69.9 Å². The number of amides is 1. The van der Waals surface area contributed by atoms with Crippen molar-refractivity contribution in [2.45, 2.75) is 12.6 Å². The zero-order chi connectivity index (χ0) is 21.7. The van der Waals surface area contributed by atoms with Crippen molar-refractivity contribution < 1.29 is 36.6 Å². The van der Waals surface area contributed by atoms with Crippen molar-refractivity contribution in [2.24, 2.45) is 0 Å². The van der Waals surface area contributed by atoms with E-state index in [9.17, 15) is 18.0 Å². The molecule has 0 atom stereocenters. The molecule has 1 amide bonds. The molecule has 0 fully saturated rings. The van der Waals surface area contributed by atoms with Crippen LogP contribution in [0.25, 0.3) is 11.0 Å². The lowest BCUT2D eigenvalue weighted by molar-refractivity contribution is -0.137. The summed E-state index contributed by atoms with van der Waals surface area (Å²) in [7, 11) is 3.00. The molecule has 1 N–H and O–H groups in total. The second kappa shape index (κ2) is 9.08. The molecule has 9 heteroatoms. The molecule has 0 aliphatic rings. The number of benzene rings is 2. The smallest absolute Gasteiger partial charge is 0.416 e. The van der Waals surface area contributed by atoms with E-state index in [1.165, 1.54) is 26.5 Å². The van der Waals surface area contributed by atoms with Crippen LogP contribution >= 0.6 is 0 Å². The Hall–Kier alpha value is -3.20. The highest BCUT2D eigenvalue weighted by Gasteiger charge is 2.31. The number of fused-ring (bicyclic) bond motifs is 1. The summed E-state index contributed by atoms with van der Waals surface area (Å²) in [4.78, 5) is 12.6. The van der Waals surface area contributed by atoms with E-state index in [0.717, 1.165) is 12.1 Å². The van der Waals surface area contributed by atoms with Crippen LogP contribution in [-0.4, -0.2) is 33.3 Å². The van der Waals surface area contributed by atoms with Crippen molar-refractivity contribution >= 4 is 22.6 Å². The Kier molecular flexibility index (Phi) is 6.51. The van der Waals surface area contributed by atoms with Gasteiger partial charge in [-0.25, -0.2) is 0 Å². The quantitative estimate of drug-likeness (QED) is 0.534. The van der Waals surface area contributed by atoms with Crippen LogP contribution < -0.4 is 14.8 Å². The minimum absolute atomic E-state index is 0.0691. The van der Waals surface area contributed by atoms with Crippen molar-refractivity contribution in [3.63, 3.8) is 0 Å². The van der Waals surface area contributed by atoms with E-state index in [4.69, 9.17) is 18.6 Å². The number of nitrogens with one attached hydrogen (secondary N) is 1. The van der Waals surface area contributed by atoms with E-state index in [1.54, 1.807) is 18.2 Å². The summed E-state index contributed by atoms with van der Waals surface area (Å²) in [6.45, 7) is 0.373. The number of halogens is 3. The average molecular weight is 423 g/mol. The number of hydrogen-bond donors (Lipinski definition) is 1. The summed E-state index contributed by atoms with van der Waals surface area (Å²) in [5.74, 6) is 0.217. The summed E-state index contributed by atoms with van der Waals surface area (Å²) >= 11 is 0. The summed E-state index contributed by atoms with van der Waals surface area (Å²) < 4.78 is 60.2. The third-order valence-electron chi connectivity index (χ3n) is 4.34. The minimum atomic E-state index is -4.55. The molecule has 0 saturated heterocycles. The van der Waals surface area contributed by atoms with E-state index >= 15 is 0 Å². The first kappa shape index (κ1) is 21.5. The van der Waals surface area contributed by atoms with Crippen LogP contribution in [0.15, 0.2) is 47.1 Å². The van der Waals surface area contributed by atoms with Gasteiger partial charge in [0.2, 0.25) is 5.91 Å². The highest BCUT2D eigenvalue weighted by molar-refractivity contribution is 5.96. The molecule has 0 aliphatic carbocycles. The fourth-order valence-corrected chi connectivity index (χ4v) is 2.86. The van der Waals surface area contributed by atoms with Crippen molar-refractivity contribution in [3.8, 4) is 11.5 Å². The molecular weight excluding hydrogens is 403 g/mol. The Morgan fingerprint density at radius 3 is 2.60 bits per heavy atom. The highest BCUT2D eigenvalue weighted by atomic mass is 19.4. The van der Waals surface area contributed by atoms with Crippen molar-refractivity contribution in [3.05, 3.63) is 53.8 Å². The lowest BCUT2D eigenvalue weighted by Crippen LogP contribution is -2.17. The van der Waals surface area contributed by atoms with E-state index in [0.29, 0.717) is 22.3 Å². The molecular formula is C21H20F3NO5. The van der Waals surface area contributed by atoms with Crippen molar-refractivity contribution in [2.75, 3.05) is 32.8 Å². The van der Waals surface area contributed by atoms with Crippen LogP contribution in [0.5, 0.6) is 11.5 Å². The Morgan fingerprint density at radius 1 is 1.10 bits per heavy atom. The van der Waals surface area contributed by atoms with Gasteiger partial charge in [-0.3, -0.25) is 4.79 Å².